The predicted molar refractivity (Wildman–Crippen MR) is 98.1 cm³/mol. The Kier molecular flexibility index (Phi) is 5.55. The number of morpholine rings is 1. The van der Waals surface area contributed by atoms with E-state index in [1.165, 1.54) is 0 Å². The lowest BCUT2D eigenvalue weighted by atomic mass is 10.0. The molecule has 1 aliphatic heterocycles. The number of amides is 1. The number of nitrogens with zero attached hydrogens (tertiary/aromatic N) is 4. The number of para-hydroxylation sites is 1. The van der Waals surface area contributed by atoms with Gasteiger partial charge in [-0.05, 0) is 24.5 Å². The number of rotatable bonds is 5. The van der Waals surface area contributed by atoms with Crippen LogP contribution in [0.3, 0.4) is 0 Å². The van der Waals surface area contributed by atoms with Gasteiger partial charge >= 0.3 is 5.97 Å². The van der Waals surface area contributed by atoms with Crippen LogP contribution in [0.5, 0.6) is 0 Å². The molecule has 8 nitrogen and oxygen atoms in total. The summed E-state index contributed by atoms with van der Waals surface area (Å²) in [5.41, 5.74) is 2.03. The average molecular weight is 372 g/mol. The molecule has 27 heavy (non-hydrogen) atoms. The first-order chi connectivity index (χ1) is 12.9. The molecule has 0 bridgehead atoms. The van der Waals surface area contributed by atoms with Crippen LogP contribution in [-0.2, 0) is 9.53 Å². The highest BCUT2D eigenvalue weighted by Crippen LogP contribution is 2.23. The van der Waals surface area contributed by atoms with Gasteiger partial charge in [0, 0.05) is 13.1 Å². The van der Waals surface area contributed by atoms with Gasteiger partial charge in [0.1, 0.15) is 5.82 Å². The summed E-state index contributed by atoms with van der Waals surface area (Å²) in [5, 5.41) is 13.4. The van der Waals surface area contributed by atoms with E-state index in [0.717, 1.165) is 11.3 Å². The summed E-state index contributed by atoms with van der Waals surface area (Å²) >= 11 is 0. The third-order valence-electron chi connectivity index (χ3n) is 4.58. The van der Waals surface area contributed by atoms with Crippen LogP contribution in [0.15, 0.2) is 24.3 Å². The van der Waals surface area contributed by atoms with E-state index in [1.54, 1.807) is 9.58 Å². The number of aliphatic carboxylic acids is 1. The van der Waals surface area contributed by atoms with E-state index < -0.39 is 12.1 Å². The zero-order chi connectivity index (χ0) is 19.6. The number of hydrogen-bond donors (Lipinski definition) is 1. The average Bonchev–Trinajstić information content (AvgIpc) is 3.02. The van der Waals surface area contributed by atoms with E-state index in [4.69, 9.17) is 9.84 Å². The molecule has 1 unspecified atom stereocenters. The maximum absolute atomic E-state index is 12.8. The minimum absolute atomic E-state index is 0.113. The van der Waals surface area contributed by atoms with Gasteiger partial charge < -0.3 is 14.7 Å². The smallest absolute Gasteiger partial charge is 0.306 e. The summed E-state index contributed by atoms with van der Waals surface area (Å²) in [6.45, 7) is 6.94. The Labute approximate surface area is 157 Å². The van der Waals surface area contributed by atoms with Crippen molar-refractivity contribution in [1.29, 1.82) is 0 Å². The van der Waals surface area contributed by atoms with E-state index >= 15 is 0 Å². The van der Waals surface area contributed by atoms with Gasteiger partial charge in [-0.15, -0.1) is 5.10 Å². The Bertz CT molecular complexity index is 846. The Morgan fingerprint density at radius 1 is 1.33 bits per heavy atom. The van der Waals surface area contributed by atoms with E-state index in [1.807, 2.05) is 31.2 Å². The molecule has 0 radical (unpaired) electrons. The highest BCUT2D eigenvalue weighted by atomic mass is 16.5. The van der Waals surface area contributed by atoms with Crippen LogP contribution in [0.25, 0.3) is 5.69 Å². The molecule has 1 N–H and O–H groups in total. The second-order valence-corrected chi connectivity index (χ2v) is 6.95. The molecule has 1 amide bonds. The van der Waals surface area contributed by atoms with Crippen molar-refractivity contribution in [3.05, 3.63) is 41.5 Å². The van der Waals surface area contributed by atoms with Crippen LogP contribution in [0, 0.1) is 6.92 Å². The van der Waals surface area contributed by atoms with Crippen LogP contribution in [-0.4, -0.2) is 62.4 Å². The summed E-state index contributed by atoms with van der Waals surface area (Å²) in [5.74, 6) is -0.209. The molecule has 0 saturated carbocycles. The SMILES string of the molecule is Cc1nc(C(=O)N2CCOC(CC(=O)O)C2)nn1-c1ccccc1C(C)C. The van der Waals surface area contributed by atoms with Crippen molar-refractivity contribution in [3.63, 3.8) is 0 Å². The summed E-state index contributed by atoms with van der Waals surface area (Å²) < 4.78 is 7.12. The number of aryl methyl sites for hydroxylation is 1. The number of carboxylic acid groups (broad SMARTS) is 1. The number of carbonyl (C=O) groups is 2. The molecule has 3 rings (SSSR count). The van der Waals surface area contributed by atoms with Gasteiger partial charge in [0.2, 0.25) is 5.82 Å². The van der Waals surface area contributed by atoms with Gasteiger partial charge in [-0.1, -0.05) is 32.0 Å². The highest BCUT2D eigenvalue weighted by Gasteiger charge is 2.29. The molecule has 1 aliphatic rings. The molecule has 1 fully saturated rings. The zero-order valence-corrected chi connectivity index (χ0v) is 15.8. The van der Waals surface area contributed by atoms with E-state index in [2.05, 4.69) is 23.9 Å². The molecule has 1 aromatic carbocycles. The number of ether oxygens (including phenoxy) is 1. The van der Waals surface area contributed by atoms with Crippen molar-refractivity contribution >= 4 is 11.9 Å². The minimum Gasteiger partial charge on any atom is -0.481 e. The number of hydrogen-bond acceptors (Lipinski definition) is 5. The predicted octanol–water partition coefficient (Wildman–Crippen LogP) is 2.01. The lowest BCUT2D eigenvalue weighted by Crippen LogP contribution is -2.46. The molecular formula is C19H24N4O4. The lowest BCUT2D eigenvalue weighted by molar-refractivity contribution is -0.141. The van der Waals surface area contributed by atoms with Crippen LogP contribution in [0.4, 0.5) is 0 Å². The fourth-order valence-electron chi connectivity index (χ4n) is 3.24. The Hall–Kier alpha value is -2.74. The number of benzene rings is 1. The molecule has 2 heterocycles. The Morgan fingerprint density at radius 2 is 2.07 bits per heavy atom. The van der Waals surface area contributed by atoms with Crippen molar-refractivity contribution < 1.29 is 19.4 Å². The quantitative estimate of drug-likeness (QED) is 0.862. The largest absolute Gasteiger partial charge is 0.481 e. The van der Waals surface area contributed by atoms with E-state index in [-0.39, 0.29) is 24.7 Å². The van der Waals surface area contributed by atoms with Gasteiger partial charge in [0.15, 0.2) is 0 Å². The first-order valence-electron chi connectivity index (χ1n) is 9.02. The van der Waals surface area contributed by atoms with Crippen LogP contribution in [0.2, 0.25) is 0 Å². The molecule has 0 aliphatic carbocycles. The summed E-state index contributed by atoms with van der Waals surface area (Å²) in [4.78, 5) is 29.6. The Morgan fingerprint density at radius 3 is 2.78 bits per heavy atom. The van der Waals surface area contributed by atoms with Crippen LogP contribution >= 0.6 is 0 Å². The number of carbonyl (C=O) groups excluding carboxylic acids is 1. The van der Waals surface area contributed by atoms with Gasteiger partial charge in [-0.3, -0.25) is 9.59 Å². The molecule has 1 saturated heterocycles. The Balaban J connectivity index is 1.84. The monoisotopic (exact) mass is 372 g/mol. The normalized spacial score (nSPS) is 17.3. The maximum atomic E-state index is 12.8. The van der Waals surface area contributed by atoms with Gasteiger partial charge in [0.25, 0.3) is 5.91 Å². The van der Waals surface area contributed by atoms with Crippen molar-refractivity contribution in [1.82, 2.24) is 19.7 Å². The fourth-order valence-corrected chi connectivity index (χ4v) is 3.24. The minimum atomic E-state index is -0.946. The van der Waals surface area contributed by atoms with Crippen molar-refractivity contribution in [2.45, 2.75) is 39.2 Å². The third kappa shape index (κ3) is 4.16. The van der Waals surface area contributed by atoms with Gasteiger partial charge in [-0.2, -0.15) is 0 Å². The maximum Gasteiger partial charge on any atom is 0.306 e. The number of carboxylic acids is 1. The fraction of sp³-hybridized carbons (Fsp3) is 0.474. The van der Waals surface area contributed by atoms with Crippen molar-refractivity contribution in [2.75, 3.05) is 19.7 Å². The van der Waals surface area contributed by atoms with Gasteiger partial charge in [-0.25, -0.2) is 9.67 Å². The summed E-state index contributed by atoms with van der Waals surface area (Å²) in [6, 6.07) is 7.92. The van der Waals surface area contributed by atoms with E-state index in [9.17, 15) is 9.59 Å². The van der Waals surface area contributed by atoms with Crippen LogP contribution < -0.4 is 0 Å². The van der Waals surface area contributed by atoms with E-state index in [0.29, 0.717) is 24.9 Å². The molecule has 8 heteroatoms. The molecule has 1 atom stereocenters. The van der Waals surface area contributed by atoms with Crippen LogP contribution in [0.1, 0.15) is 48.2 Å². The summed E-state index contributed by atoms with van der Waals surface area (Å²) in [7, 11) is 0. The topological polar surface area (TPSA) is 97.6 Å². The first kappa shape index (κ1) is 19.0. The lowest BCUT2D eigenvalue weighted by Gasteiger charge is -2.31. The van der Waals surface area contributed by atoms with Crippen molar-refractivity contribution in [3.8, 4) is 5.69 Å². The molecular weight excluding hydrogens is 348 g/mol. The first-order valence-corrected chi connectivity index (χ1v) is 9.02. The summed E-state index contributed by atoms with van der Waals surface area (Å²) in [6.07, 6.45) is -0.642. The molecule has 1 aromatic heterocycles. The molecule has 144 valence electrons. The second-order valence-electron chi connectivity index (χ2n) is 6.95. The number of aromatic nitrogens is 3. The highest BCUT2D eigenvalue weighted by molar-refractivity contribution is 5.90. The van der Waals surface area contributed by atoms with Gasteiger partial charge in [0.05, 0.1) is 24.8 Å². The third-order valence-corrected chi connectivity index (χ3v) is 4.58. The standard InChI is InChI=1S/C19H24N4O4/c1-12(2)15-6-4-5-7-16(15)23-13(3)20-18(21-23)19(26)22-8-9-27-14(11-22)10-17(24)25/h4-7,12,14H,8-11H2,1-3H3,(H,24,25). The molecule has 2 aromatic rings. The molecule has 0 spiro atoms. The zero-order valence-electron chi connectivity index (χ0n) is 15.8. The van der Waals surface area contributed by atoms with Crippen molar-refractivity contribution in [2.24, 2.45) is 0 Å². The second kappa shape index (κ2) is 7.87.